The van der Waals surface area contributed by atoms with E-state index in [2.05, 4.69) is 6.92 Å². The predicted molar refractivity (Wildman–Crippen MR) is 101 cm³/mol. The summed E-state index contributed by atoms with van der Waals surface area (Å²) in [5.74, 6) is 1.47. The minimum Gasteiger partial charge on any atom is -0.490 e. The fourth-order valence-electron chi connectivity index (χ4n) is 2.49. The lowest BCUT2D eigenvalue weighted by molar-refractivity contribution is -0.122. The quantitative estimate of drug-likeness (QED) is 0.535. The van der Waals surface area contributed by atoms with E-state index >= 15 is 0 Å². The van der Waals surface area contributed by atoms with Crippen molar-refractivity contribution in [1.82, 2.24) is 4.90 Å². The third-order valence-electron chi connectivity index (χ3n) is 3.76. The Labute approximate surface area is 152 Å². The highest BCUT2D eigenvalue weighted by Crippen LogP contribution is 2.40. The van der Waals surface area contributed by atoms with Gasteiger partial charge >= 0.3 is 0 Å². The first-order valence-corrected chi connectivity index (χ1v) is 9.53. The Morgan fingerprint density at radius 2 is 2.08 bits per heavy atom. The average Bonchev–Trinajstić information content (AvgIpc) is 3.34. The van der Waals surface area contributed by atoms with E-state index in [4.69, 9.17) is 21.7 Å². The number of hydrogen-bond donors (Lipinski definition) is 0. The number of carbonyl (C=O) groups is 1. The standard InChI is InChI=1S/C18H21NO3S2/c1-3-9-22-14-8-5-12(10-15(14)21-4-2)11-16-17(20)19(13-6-7-13)18(23)24-16/h5,8,10-11,13H,3-4,6-7,9H2,1-2H3/b16-11-. The van der Waals surface area contributed by atoms with Gasteiger partial charge in [0.05, 0.1) is 18.1 Å². The predicted octanol–water partition coefficient (Wildman–Crippen LogP) is 4.24. The van der Waals surface area contributed by atoms with Gasteiger partial charge in [-0.25, -0.2) is 0 Å². The Hall–Kier alpha value is -1.53. The largest absolute Gasteiger partial charge is 0.490 e. The Morgan fingerprint density at radius 3 is 2.75 bits per heavy atom. The van der Waals surface area contributed by atoms with Crippen LogP contribution in [0.3, 0.4) is 0 Å². The molecule has 1 saturated heterocycles. The maximum Gasteiger partial charge on any atom is 0.266 e. The van der Waals surface area contributed by atoms with Crippen molar-refractivity contribution < 1.29 is 14.3 Å². The van der Waals surface area contributed by atoms with Crippen molar-refractivity contribution in [3.8, 4) is 11.5 Å². The van der Waals surface area contributed by atoms with Gasteiger partial charge in [0.15, 0.2) is 11.5 Å². The molecule has 24 heavy (non-hydrogen) atoms. The molecule has 1 aliphatic heterocycles. The van der Waals surface area contributed by atoms with Crippen molar-refractivity contribution in [3.05, 3.63) is 28.7 Å². The van der Waals surface area contributed by atoms with E-state index in [9.17, 15) is 4.79 Å². The zero-order chi connectivity index (χ0) is 17.1. The van der Waals surface area contributed by atoms with Crippen molar-refractivity contribution in [3.63, 3.8) is 0 Å². The molecule has 0 bridgehead atoms. The van der Waals surface area contributed by atoms with E-state index in [-0.39, 0.29) is 5.91 Å². The molecule has 1 aliphatic carbocycles. The van der Waals surface area contributed by atoms with Crippen LogP contribution in [0.15, 0.2) is 23.1 Å². The van der Waals surface area contributed by atoms with Gasteiger partial charge in [-0.2, -0.15) is 0 Å². The normalized spacial score (nSPS) is 19.2. The van der Waals surface area contributed by atoms with Gasteiger partial charge in [-0.05, 0) is 50.0 Å². The van der Waals surface area contributed by atoms with Crippen LogP contribution in [0.1, 0.15) is 38.7 Å². The summed E-state index contributed by atoms with van der Waals surface area (Å²) in [5, 5.41) is 0. The number of ether oxygens (including phenoxy) is 2. The lowest BCUT2D eigenvalue weighted by atomic mass is 10.2. The SMILES string of the molecule is CCCOc1ccc(/C=C2\SC(=S)N(C3CC3)C2=O)cc1OCC. The first-order valence-electron chi connectivity index (χ1n) is 8.30. The van der Waals surface area contributed by atoms with Crippen LogP contribution in [-0.4, -0.2) is 34.4 Å². The van der Waals surface area contributed by atoms with Crippen molar-refractivity contribution in [2.45, 2.75) is 39.2 Å². The second-order valence-electron chi connectivity index (χ2n) is 5.77. The van der Waals surface area contributed by atoms with Crippen LogP contribution in [0.2, 0.25) is 0 Å². The van der Waals surface area contributed by atoms with E-state index in [1.165, 1.54) is 11.8 Å². The van der Waals surface area contributed by atoms with Crippen molar-refractivity contribution in [2.75, 3.05) is 13.2 Å². The molecule has 0 spiro atoms. The molecule has 0 atom stereocenters. The lowest BCUT2D eigenvalue weighted by Gasteiger charge is -2.12. The fourth-order valence-corrected chi connectivity index (χ4v) is 3.89. The molecule has 1 aromatic rings. The Balaban J connectivity index is 1.82. The Kier molecular flexibility index (Phi) is 5.46. The second kappa shape index (κ2) is 7.57. The molecular formula is C18H21NO3S2. The van der Waals surface area contributed by atoms with Gasteiger partial charge in [0.25, 0.3) is 5.91 Å². The highest BCUT2D eigenvalue weighted by atomic mass is 32.2. The highest BCUT2D eigenvalue weighted by Gasteiger charge is 2.41. The molecule has 0 N–H and O–H groups in total. The summed E-state index contributed by atoms with van der Waals surface area (Å²) >= 11 is 6.72. The molecule has 0 radical (unpaired) electrons. The molecule has 2 fully saturated rings. The van der Waals surface area contributed by atoms with E-state index in [1.807, 2.05) is 31.2 Å². The third kappa shape index (κ3) is 3.75. The minimum absolute atomic E-state index is 0.0248. The zero-order valence-corrected chi connectivity index (χ0v) is 15.5. The number of hydrogen-bond acceptors (Lipinski definition) is 5. The van der Waals surface area contributed by atoms with Crippen molar-refractivity contribution >= 4 is 40.3 Å². The van der Waals surface area contributed by atoms with Gasteiger partial charge in [-0.1, -0.05) is 37.0 Å². The van der Waals surface area contributed by atoms with Crippen LogP contribution in [0.25, 0.3) is 6.08 Å². The number of carbonyl (C=O) groups excluding carboxylic acids is 1. The summed E-state index contributed by atoms with van der Waals surface area (Å²) in [5.41, 5.74) is 0.915. The van der Waals surface area contributed by atoms with Gasteiger partial charge in [0.2, 0.25) is 0 Å². The summed E-state index contributed by atoms with van der Waals surface area (Å²) in [4.78, 5) is 14.9. The number of thioether (sulfide) groups is 1. The number of nitrogens with zero attached hydrogens (tertiary/aromatic N) is 1. The van der Waals surface area contributed by atoms with Gasteiger partial charge in [-0.3, -0.25) is 9.69 Å². The van der Waals surface area contributed by atoms with E-state index in [0.717, 1.165) is 30.6 Å². The van der Waals surface area contributed by atoms with Gasteiger partial charge < -0.3 is 9.47 Å². The van der Waals surface area contributed by atoms with Gasteiger partial charge in [0.1, 0.15) is 4.32 Å². The Bertz CT molecular complexity index is 683. The van der Waals surface area contributed by atoms with E-state index in [0.29, 0.717) is 34.2 Å². The number of benzene rings is 1. The van der Waals surface area contributed by atoms with E-state index < -0.39 is 0 Å². The first-order chi connectivity index (χ1) is 11.6. The van der Waals surface area contributed by atoms with Crippen LogP contribution < -0.4 is 9.47 Å². The monoisotopic (exact) mass is 363 g/mol. The minimum atomic E-state index is 0.0248. The zero-order valence-electron chi connectivity index (χ0n) is 13.9. The number of thiocarbonyl (C=S) groups is 1. The molecule has 6 heteroatoms. The highest BCUT2D eigenvalue weighted by molar-refractivity contribution is 8.26. The molecule has 3 rings (SSSR count). The van der Waals surface area contributed by atoms with Crippen LogP contribution in [0, 0.1) is 0 Å². The summed E-state index contributed by atoms with van der Waals surface area (Å²) < 4.78 is 12.1. The summed E-state index contributed by atoms with van der Waals surface area (Å²) in [7, 11) is 0. The number of amides is 1. The maximum atomic E-state index is 12.5. The van der Waals surface area contributed by atoms with Crippen LogP contribution in [-0.2, 0) is 4.79 Å². The molecule has 1 amide bonds. The van der Waals surface area contributed by atoms with Crippen molar-refractivity contribution in [1.29, 1.82) is 0 Å². The van der Waals surface area contributed by atoms with Gasteiger partial charge in [0, 0.05) is 6.04 Å². The number of rotatable bonds is 7. The molecule has 1 heterocycles. The maximum absolute atomic E-state index is 12.5. The van der Waals surface area contributed by atoms with Gasteiger partial charge in [-0.15, -0.1) is 0 Å². The van der Waals surface area contributed by atoms with Crippen LogP contribution in [0.5, 0.6) is 11.5 Å². The summed E-state index contributed by atoms with van der Waals surface area (Å²) in [6.07, 6.45) is 4.93. The first kappa shape index (κ1) is 17.3. The molecule has 1 aromatic carbocycles. The summed E-state index contributed by atoms with van der Waals surface area (Å²) in [6.45, 7) is 5.23. The van der Waals surface area contributed by atoms with Crippen LogP contribution in [0.4, 0.5) is 0 Å². The van der Waals surface area contributed by atoms with Crippen molar-refractivity contribution in [2.24, 2.45) is 0 Å². The average molecular weight is 364 g/mol. The third-order valence-corrected chi connectivity index (χ3v) is 5.09. The molecule has 4 nitrogen and oxygen atoms in total. The van der Waals surface area contributed by atoms with E-state index in [1.54, 1.807) is 4.90 Å². The molecule has 0 unspecified atom stereocenters. The molecule has 2 aliphatic rings. The second-order valence-corrected chi connectivity index (χ2v) is 7.45. The summed E-state index contributed by atoms with van der Waals surface area (Å²) in [6, 6.07) is 6.07. The molecular weight excluding hydrogens is 342 g/mol. The smallest absolute Gasteiger partial charge is 0.266 e. The van der Waals surface area contributed by atoms with Crippen LogP contribution >= 0.6 is 24.0 Å². The fraction of sp³-hybridized carbons (Fsp3) is 0.444. The molecule has 1 saturated carbocycles. The lowest BCUT2D eigenvalue weighted by Crippen LogP contribution is -2.30. The molecule has 0 aromatic heterocycles. The molecule has 128 valence electrons. The Morgan fingerprint density at radius 1 is 1.29 bits per heavy atom. The topological polar surface area (TPSA) is 38.8 Å².